The van der Waals surface area contributed by atoms with Gasteiger partial charge in [-0.2, -0.15) is 0 Å². The van der Waals surface area contributed by atoms with Gasteiger partial charge in [0.25, 0.3) is 5.91 Å². The number of aromatic hydroxyl groups is 1. The molecule has 0 aromatic heterocycles. The first kappa shape index (κ1) is 16.5. The number of benzene rings is 2. The number of rotatable bonds is 2. The first-order valence-corrected chi connectivity index (χ1v) is 8.89. The summed E-state index contributed by atoms with van der Waals surface area (Å²) in [6.07, 6.45) is 3.90. The highest BCUT2D eigenvalue weighted by Gasteiger charge is 2.30. The summed E-state index contributed by atoms with van der Waals surface area (Å²) in [5, 5.41) is 9.96. The molecule has 1 amide bonds. The molecule has 1 N–H and O–H groups in total. The summed E-state index contributed by atoms with van der Waals surface area (Å²) >= 11 is 1.33. The van der Waals surface area contributed by atoms with Gasteiger partial charge in [0, 0.05) is 12.6 Å². The fraction of sp³-hybridized carbons (Fsp3) is 0.100. The highest BCUT2D eigenvalue weighted by molar-refractivity contribution is 8.18. The molecule has 1 saturated heterocycles. The maximum atomic E-state index is 12.5. The van der Waals surface area contributed by atoms with Gasteiger partial charge in [-0.1, -0.05) is 18.2 Å². The number of para-hydroxylation sites is 1. The van der Waals surface area contributed by atoms with E-state index in [4.69, 9.17) is 4.74 Å². The number of carbonyl (C=O) groups is 1. The Kier molecular flexibility index (Phi) is 4.26. The number of hydrogen-bond donors (Lipinski definition) is 1. The Balaban J connectivity index is 1.60. The van der Waals surface area contributed by atoms with Crippen molar-refractivity contribution in [1.82, 2.24) is 4.90 Å². The van der Waals surface area contributed by atoms with Crippen LogP contribution in [0.15, 0.2) is 70.1 Å². The third-order valence-corrected chi connectivity index (χ3v) is 5.11. The first-order valence-electron chi connectivity index (χ1n) is 8.08. The molecule has 5 nitrogen and oxygen atoms in total. The van der Waals surface area contributed by atoms with Crippen LogP contribution in [0.1, 0.15) is 5.56 Å². The Labute approximate surface area is 155 Å². The van der Waals surface area contributed by atoms with Crippen molar-refractivity contribution in [3.63, 3.8) is 0 Å². The van der Waals surface area contributed by atoms with Crippen LogP contribution in [0.25, 0.3) is 6.08 Å². The van der Waals surface area contributed by atoms with Crippen LogP contribution in [-0.4, -0.2) is 34.7 Å². The summed E-state index contributed by atoms with van der Waals surface area (Å²) in [5.74, 6) is 0.946. The summed E-state index contributed by atoms with van der Waals surface area (Å²) in [5.41, 5.74) is 2.63. The average molecular weight is 364 g/mol. The number of amidine groups is 1. The number of fused-ring (bicyclic) bond motifs is 1. The molecule has 2 heterocycles. The number of phenols is 1. The number of phenolic OH excluding ortho intramolecular Hbond substituents is 1. The topological polar surface area (TPSA) is 62.1 Å². The Morgan fingerprint density at radius 3 is 2.77 bits per heavy atom. The summed E-state index contributed by atoms with van der Waals surface area (Å²) in [4.78, 5) is 19.2. The van der Waals surface area contributed by atoms with Crippen molar-refractivity contribution in [3.8, 4) is 11.5 Å². The summed E-state index contributed by atoms with van der Waals surface area (Å²) in [6.45, 7) is 0.433. The van der Waals surface area contributed by atoms with Gasteiger partial charge in [-0.3, -0.25) is 9.69 Å². The van der Waals surface area contributed by atoms with Gasteiger partial charge in [0.15, 0.2) is 5.17 Å². The molecule has 6 heteroatoms. The lowest BCUT2D eigenvalue weighted by Crippen LogP contribution is -2.23. The van der Waals surface area contributed by atoms with Crippen molar-refractivity contribution in [2.45, 2.75) is 0 Å². The number of aliphatic imine (C=N–C) groups is 1. The smallest absolute Gasteiger partial charge is 0.266 e. The number of amides is 1. The predicted octanol–water partition coefficient (Wildman–Crippen LogP) is 3.94. The molecule has 0 spiro atoms. The molecule has 4 rings (SSSR count). The molecule has 2 aliphatic heterocycles. The van der Waals surface area contributed by atoms with Crippen molar-refractivity contribution >= 4 is 34.6 Å². The van der Waals surface area contributed by atoms with E-state index in [2.05, 4.69) is 4.99 Å². The third kappa shape index (κ3) is 3.23. The summed E-state index contributed by atoms with van der Waals surface area (Å²) in [6, 6.07) is 14.4. The Hall–Kier alpha value is -2.99. The van der Waals surface area contributed by atoms with E-state index >= 15 is 0 Å². The van der Waals surface area contributed by atoms with E-state index < -0.39 is 0 Å². The number of thioether (sulfide) groups is 1. The highest BCUT2D eigenvalue weighted by Crippen LogP contribution is 2.34. The zero-order chi connectivity index (χ0) is 18.1. The van der Waals surface area contributed by atoms with E-state index in [1.807, 2.05) is 36.4 Å². The van der Waals surface area contributed by atoms with Gasteiger partial charge >= 0.3 is 0 Å². The number of ether oxygens (including phenoxy) is 1. The minimum atomic E-state index is -0.0905. The van der Waals surface area contributed by atoms with Gasteiger partial charge < -0.3 is 9.84 Å². The molecular formula is C20H16N2O3S. The Morgan fingerprint density at radius 2 is 1.96 bits per heavy atom. The molecule has 0 aliphatic carbocycles. The van der Waals surface area contributed by atoms with Crippen molar-refractivity contribution in [2.75, 3.05) is 13.7 Å². The maximum absolute atomic E-state index is 12.5. The lowest BCUT2D eigenvalue weighted by atomic mass is 10.1. The van der Waals surface area contributed by atoms with E-state index in [1.54, 1.807) is 31.3 Å². The molecule has 2 aromatic carbocycles. The fourth-order valence-electron chi connectivity index (χ4n) is 2.67. The van der Waals surface area contributed by atoms with Crippen LogP contribution in [0.5, 0.6) is 11.5 Å². The second-order valence-corrected chi connectivity index (χ2v) is 6.94. The Bertz CT molecular complexity index is 961. The highest BCUT2D eigenvalue weighted by atomic mass is 32.2. The van der Waals surface area contributed by atoms with Crippen molar-refractivity contribution < 1.29 is 14.6 Å². The summed E-state index contributed by atoms with van der Waals surface area (Å²) in [7, 11) is 1.70. The normalized spacial score (nSPS) is 19.5. The Morgan fingerprint density at radius 1 is 1.19 bits per heavy atom. The number of nitrogens with zero attached hydrogens (tertiary/aromatic N) is 2. The number of likely N-dealkylation sites (N-methyl/N-ethyl adjacent to an activating group) is 1. The molecular weight excluding hydrogens is 348 g/mol. The van der Waals surface area contributed by atoms with E-state index in [0.29, 0.717) is 22.4 Å². The second-order valence-electron chi connectivity index (χ2n) is 5.93. The molecule has 0 radical (unpaired) electrons. The van der Waals surface area contributed by atoms with Crippen molar-refractivity contribution in [3.05, 3.63) is 70.6 Å². The van der Waals surface area contributed by atoms with Gasteiger partial charge in [-0.05, 0) is 59.8 Å². The maximum Gasteiger partial charge on any atom is 0.266 e. The van der Waals surface area contributed by atoms with Crippen LogP contribution in [0.2, 0.25) is 0 Å². The lowest BCUT2D eigenvalue weighted by molar-refractivity contribution is -0.121. The largest absolute Gasteiger partial charge is 0.508 e. The molecule has 2 aromatic rings. The van der Waals surface area contributed by atoms with E-state index in [-0.39, 0.29) is 11.7 Å². The monoisotopic (exact) mass is 364 g/mol. The van der Waals surface area contributed by atoms with Crippen LogP contribution in [0.3, 0.4) is 0 Å². The SMILES string of the molecule is CN1C(=O)/C(=C/C2=Cc3ccccc3OC2)SC1=Nc1ccc(O)cc1. The number of carbonyl (C=O) groups excluding carboxylic acids is 1. The van der Waals surface area contributed by atoms with Gasteiger partial charge in [0.05, 0.1) is 10.6 Å². The van der Waals surface area contributed by atoms with Gasteiger partial charge in [0.1, 0.15) is 18.1 Å². The standard InChI is InChI=1S/C20H16N2O3S/c1-22-19(24)18(26-20(22)21-15-6-8-16(23)9-7-15)11-13-10-14-4-2-3-5-17(14)25-12-13/h2-11,23H,12H2,1H3/b18-11-,21-20?. The van der Waals surface area contributed by atoms with Crippen molar-refractivity contribution in [2.24, 2.45) is 4.99 Å². The van der Waals surface area contributed by atoms with E-state index in [9.17, 15) is 9.90 Å². The molecule has 0 unspecified atom stereocenters. The molecule has 0 bridgehead atoms. The minimum Gasteiger partial charge on any atom is -0.508 e. The predicted molar refractivity (Wildman–Crippen MR) is 104 cm³/mol. The van der Waals surface area contributed by atoms with E-state index in [0.717, 1.165) is 16.9 Å². The molecule has 2 aliphatic rings. The van der Waals surface area contributed by atoms with Crippen molar-refractivity contribution in [1.29, 1.82) is 0 Å². The molecule has 0 saturated carbocycles. The van der Waals surface area contributed by atoms with Gasteiger partial charge in [-0.15, -0.1) is 0 Å². The first-order chi connectivity index (χ1) is 12.6. The van der Waals surface area contributed by atoms with Crippen LogP contribution in [-0.2, 0) is 4.79 Å². The zero-order valence-electron chi connectivity index (χ0n) is 14.0. The van der Waals surface area contributed by atoms with E-state index in [1.165, 1.54) is 16.7 Å². The molecule has 0 atom stereocenters. The van der Waals surface area contributed by atoms with Gasteiger partial charge in [0.2, 0.25) is 0 Å². The quantitative estimate of drug-likeness (QED) is 0.820. The van der Waals surface area contributed by atoms with Crippen LogP contribution in [0.4, 0.5) is 5.69 Å². The lowest BCUT2D eigenvalue weighted by Gasteiger charge is -2.15. The van der Waals surface area contributed by atoms with Crippen LogP contribution < -0.4 is 4.74 Å². The second kappa shape index (κ2) is 6.72. The molecule has 130 valence electrons. The fourth-order valence-corrected chi connectivity index (χ4v) is 3.68. The van der Waals surface area contributed by atoms with Crippen LogP contribution in [0, 0.1) is 0 Å². The average Bonchev–Trinajstić information content (AvgIpc) is 2.91. The summed E-state index contributed by atoms with van der Waals surface area (Å²) < 4.78 is 5.74. The minimum absolute atomic E-state index is 0.0905. The van der Waals surface area contributed by atoms with Crippen LogP contribution >= 0.6 is 11.8 Å². The molecule has 26 heavy (non-hydrogen) atoms. The number of hydrogen-bond acceptors (Lipinski definition) is 5. The van der Waals surface area contributed by atoms with Gasteiger partial charge in [-0.25, -0.2) is 4.99 Å². The third-order valence-electron chi connectivity index (χ3n) is 4.05. The zero-order valence-corrected chi connectivity index (χ0v) is 14.9. The molecule has 1 fully saturated rings.